The first-order chi connectivity index (χ1) is 20.3. The van der Waals surface area contributed by atoms with Crippen LogP contribution in [0.1, 0.15) is 149 Å². The molecule has 1 saturated heterocycles. The number of rotatable bonds is 25. The van der Waals surface area contributed by atoms with Crippen LogP contribution in [0.25, 0.3) is 0 Å². The molecule has 6 N–H and O–H groups in total. The zero-order valence-corrected chi connectivity index (χ0v) is 27.1. The number of nitrogens with two attached hydrogens (primary N) is 1. The molecule has 1 aliphatic heterocycles. The van der Waals surface area contributed by atoms with Crippen molar-refractivity contribution in [2.24, 2.45) is 5.73 Å². The Morgan fingerprint density at radius 1 is 0.762 bits per heavy atom. The number of carbonyl (C=O) groups excluding carboxylic acids is 2. The second-order valence-corrected chi connectivity index (χ2v) is 12.4. The van der Waals surface area contributed by atoms with Crippen molar-refractivity contribution >= 4 is 11.8 Å². The van der Waals surface area contributed by atoms with E-state index in [0.29, 0.717) is 13.0 Å². The van der Waals surface area contributed by atoms with Crippen molar-refractivity contribution in [2.45, 2.75) is 186 Å². The molecule has 0 aromatic carbocycles. The van der Waals surface area contributed by atoms with Gasteiger partial charge in [0, 0.05) is 13.0 Å². The number of amides is 2. The van der Waals surface area contributed by atoms with Crippen LogP contribution in [0.5, 0.6) is 0 Å². The van der Waals surface area contributed by atoms with Gasteiger partial charge in [0.25, 0.3) is 0 Å². The smallest absolute Gasteiger partial charge is 0.237 e. The Hall–Kier alpha value is -1.26. The molecule has 0 aromatic rings. The fourth-order valence-corrected chi connectivity index (χ4v) is 5.71. The molecule has 0 aliphatic carbocycles. The molecule has 1 rings (SSSR count). The Balaban J connectivity index is 2.79. The molecule has 0 saturated carbocycles. The number of unbranched alkanes of at least 4 members (excludes halogenated alkanes) is 17. The topological polar surface area (TPSA) is 145 Å². The zero-order chi connectivity index (χ0) is 31.2. The maximum Gasteiger partial charge on any atom is 0.237 e. The van der Waals surface area contributed by atoms with Gasteiger partial charge >= 0.3 is 0 Å². The van der Waals surface area contributed by atoms with Gasteiger partial charge in [-0.15, -0.1) is 0 Å². The van der Waals surface area contributed by atoms with Gasteiger partial charge in [0.2, 0.25) is 11.8 Å². The van der Waals surface area contributed by atoms with E-state index >= 15 is 0 Å². The molecular weight excluding hydrogens is 534 g/mol. The van der Waals surface area contributed by atoms with Gasteiger partial charge in [0.05, 0.1) is 12.6 Å². The van der Waals surface area contributed by atoms with Crippen LogP contribution in [0, 0.1) is 0 Å². The Morgan fingerprint density at radius 3 is 1.67 bits per heavy atom. The number of nitrogens with one attached hydrogen (secondary N) is 1. The van der Waals surface area contributed by atoms with E-state index in [1.54, 1.807) is 4.90 Å². The van der Waals surface area contributed by atoms with E-state index < -0.39 is 49.1 Å². The number of carbonyl (C=O) groups is 2. The lowest BCUT2D eigenvalue weighted by atomic mass is 9.94. The van der Waals surface area contributed by atoms with Crippen LogP contribution in [0.2, 0.25) is 0 Å². The lowest BCUT2D eigenvalue weighted by Gasteiger charge is -2.47. The minimum Gasteiger partial charge on any atom is -0.394 e. The monoisotopic (exact) mass is 599 g/mol. The molecule has 1 aliphatic rings. The van der Waals surface area contributed by atoms with E-state index in [-0.39, 0.29) is 5.91 Å². The van der Waals surface area contributed by atoms with Crippen molar-refractivity contribution in [3.8, 4) is 0 Å². The van der Waals surface area contributed by atoms with Crippen molar-refractivity contribution in [3.63, 3.8) is 0 Å². The van der Waals surface area contributed by atoms with Crippen LogP contribution in [-0.2, 0) is 14.3 Å². The molecule has 9 nitrogen and oxygen atoms in total. The zero-order valence-electron chi connectivity index (χ0n) is 27.1. The molecule has 0 aromatic heterocycles. The standard InChI is InChI=1S/C33H65N3O6/c1-4-6-8-10-12-14-16-18-20-22-24-36(28(38)23-21-19-17-15-13-11-9-7-5-2)33-29(35-32(41)26(3)34)31(40)30(39)27(25-37)42-33/h26-27,29-31,33,37,39-40H,4-25,34H2,1-3H3,(H,35,41)/t26-,27+,29+,30-,31+,33+/m0/s1. The first kappa shape index (κ1) is 38.8. The Kier molecular flexibility index (Phi) is 22.2. The van der Waals surface area contributed by atoms with Gasteiger partial charge in [-0.3, -0.25) is 9.59 Å². The summed E-state index contributed by atoms with van der Waals surface area (Å²) in [6, 6.07) is -1.89. The fraction of sp³-hybridized carbons (Fsp3) is 0.939. The molecule has 0 radical (unpaired) electrons. The molecule has 6 atom stereocenters. The third-order valence-electron chi connectivity index (χ3n) is 8.50. The molecule has 2 amide bonds. The average molecular weight is 600 g/mol. The largest absolute Gasteiger partial charge is 0.394 e. The van der Waals surface area contributed by atoms with Gasteiger partial charge in [-0.1, -0.05) is 123 Å². The summed E-state index contributed by atoms with van der Waals surface area (Å²) in [5.41, 5.74) is 5.76. The number of ether oxygens (including phenoxy) is 1. The van der Waals surface area contributed by atoms with Crippen molar-refractivity contribution in [2.75, 3.05) is 13.2 Å². The van der Waals surface area contributed by atoms with Crippen LogP contribution in [0.4, 0.5) is 0 Å². The van der Waals surface area contributed by atoms with Gasteiger partial charge in [-0.05, 0) is 19.8 Å². The van der Waals surface area contributed by atoms with Gasteiger partial charge in [0.1, 0.15) is 24.4 Å². The Labute approximate surface area is 256 Å². The Bertz CT molecular complexity index is 695. The van der Waals surface area contributed by atoms with E-state index in [2.05, 4.69) is 19.2 Å². The van der Waals surface area contributed by atoms with Crippen LogP contribution in [0.3, 0.4) is 0 Å². The minimum absolute atomic E-state index is 0.0980. The number of aliphatic hydroxyl groups excluding tert-OH is 3. The predicted molar refractivity (Wildman–Crippen MR) is 169 cm³/mol. The minimum atomic E-state index is -1.42. The van der Waals surface area contributed by atoms with E-state index in [0.717, 1.165) is 38.5 Å². The highest BCUT2D eigenvalue weighted by atomic mass is 16.5. The molecule has 1 heterocycles. The predicted octanol–water partition coefficient (Wildman–Crippen LogP) is 4.93. The van der Waals surface area contributed by atoms with Crippen LogP contribution in [-0.4, -0.2) is 81.8 Å². The lowest BCUT2D eigenvalue weighted by molar-refractivity contribution is -0.231. The number of aliphatic hydroxyl groups is 3. The van der Waals surface area contributed by atoms with Crippen molar-refractivity contribution in [1.82, 2.24) is 10.2 Å². The van der Waals surface area contributed by atoms with Gasteiger partial charge < -0.3 is 36.0 Å². The van der Waals surface area contributed by atoms with E-state index in [9.17, 15) is 24.9 Å². The highest BCUT2D eigenvalue weighted by molar-refractivity contribution is 5.81. The quantitative estimate of drug-likeness (QED) is 0.0936. The van der Waals surface area contributed by atoms with E-state index in [1.807, 2.05) is 0 Å². The van der Waals surface area contributed by atoms with Crippen molar-refractivity contribution < 1.29 is 29.6 Å². The van der Waals surface area contributed by atoms with Gasteiger partial charge in [0.15, 0.2) is 6.23 Å². The van der Waals surface area contributed by atoms with Crippen molar-refractivity contribution in [1.29, 1.82) is 0 Å². The maximum absolute atomic E-state index is 13.6. The summed E-state index contributed by atoms with van der Waals surface area (Å²) in [5.74, 6) is -0.605. The first-order valence-corrected chi connectivity index (χ1v) is 17.3. The van der Waals surface area contributed by atoms with Crippen LogP contribution >= 0.6 is 0 Å². The van der Waals surface area contributed by atoms with Gasteiger partial charge in [-0.2, -0.15) is 0 Å². The summed E-state index contributed by atoms with van der Waals surface area (Å²) < 4.78 is 6.02. The Morgan fingerprint density at radius 2 is 1.21 bits per heavy atom. The summed E-state index contributed by atoms with van der Waals surface area (Å²) >= 11 is 0. The molecule has 1 fully saturated rings. The summed E-state index contributed by atoms with van der Waals surface area (Å²) in [6.45, 7) is 5.88. The summed E-state index contributed by atoms with van der Waals surface area (Å²) in [7, 11) is 0. The average Bonchev–Trinajstić information content (AvgIpc) is 2.97. The third kappa shape index (κ3) is 15.5. The summed E-state index contributed by atoms with van der Waals surface area (Å²) in [4.78, 5) is 27.7. The highest BCUT2D eigenvalue weighted by Gasteiger charge is 2.48. The molecule has 0 spiro atoms. The molecule has 0 unspecified atom stereocenters. The van der Waals surface area contributed by atoms with Crippen molar-refractivity contribution in [3.05, 3.63) is 0 Å². The van der Waals surface area contributed by atoms with Crippen LogP contribution < -0.4 is 11.1 Å². The van der Waals surface area contributed by atoms with E-state index in [4.69, 9.17) is 10.5 Å². The second kappa shape index (κ2) is 24.1. The third-order valence-corrected chi connectivity index (χ3v) is 8.50. The highest BCUT2D eigenvalue weighted by Crippen LogP contribution is 2.26. The number of nitrogens with zero attached hydrogens (tertiary/aromatic N) is 1. The molecule has 42 heavy (non-hydrogen) atoms. The number of hydrogen-bond donors (Lipinski definition) is 5. The molecule has 248 valence electrons. The number of hydrogen-bond acceptors (Lipinski definition) is 7. The normalized spacial score (nSPS) is 23.1. The molecular formula is C33H65N3O6. The lowest BCUT2D eigenvalue weighted by Crippen LogP contribution is -2.69. The van der Waals surface area contributed by atoms with E-state index in [1.165, 1.54) is 90.4 Å². The molecule has 0 bridgehead atoms. The van der Waals surface area contributed by atoms with Gasteiger partial charge in [-0.25, -0.2) is 0 Å². The molecule has 9 heteroatoms. The second-order valence-electron chi connectivity index (χ2n) is 12.4. The first-order valence-electron chi connectivity index (χ1n) is 17.3. The maximum atomic E-state index is 13.6. The summed E-state index contributed by atoms with van der Waals surface area (Å²) in [6.07, 6.45) is 17.5. The summed E-state index contributed by atoms with van der Waals surface area (Å²) in [5, 5.41) is 34.0. The SMILES string of the molecule is CCCCCCCCCCCCN(C(=O)CCCCCCCCCCC)[C@@H]1O[C@H](CO)[C@H](O)[C@H](O)[C@H]1NC(=O)[C@H](C)N. The van der Waals surface area contributed by atoms with Crippen LogP contribution in [0.15, 0.2) is 0 Å². The fourth-order valence-electron chi connectivity index (χ4n) is 5.71.